The highest BCUT2D eigenvalue weighted by Crippen LogP contribution is 1.95. The minimum absolute atomic E-state index is 0.615. The maximum Gasteiger partial charge on any atom is 0.0364 e. The maximum atomic E-state index is 5.63. The van der Waals surface area contributed by atoms with E-state index < -0.39 is 0 Å². The van der Waals surface area contributed by atoms with E-state index in [1.54, 1.807) is 4.42 Å². The summed E-state index contributed by atoms with van der Waals surface area (Å²) in [6.45, 7) is 3.79. The number of hydrogen-bond donors (Lipinski definition) is 0. The second kappa shape index (κ2) is 5.67. The molecule has 0 N–H and O–H groups in total. The molecule has 0 aromatic rings. The van der Waals surface area contributed by atoms with Crippen molar-refractivity contribution in [3.05, 3.63) is 0 Å². The highest BCUT2D eigenvalue weighted by Gasteiger charge is 1.94. The van der Waals surface area contributed by atoms with E-state index in [-0.39, 0.29) is 0 Å². The Bertz CT molecular complexity index is 43.7. The molecule has 0 aliphatic carbocycles. The molecule has 0 heterocycles. The van der Waals surface area contributed by atoms with Gasteiger partial charge in [0.15, 0.2) is 0 Å². The largest absolute Gasteiger partial charge is 0.219 e. The first kappa shape index (κ1) is 8.54. The van der Waals surface area contributed by atoms with Crippen LogP contribution in [0.3, 0.4) is 0 Å². The molecule has 0 saturated carbocycles. The molecule has 0 bridgehead atoms. The molecule has 0 unspecified atom stereocenters. The van der Waals surface area contributed by atoms with Gasteiger partial charge in [0.2, 0.25) is 0 Å². The summed E-state index contributed by atoms with van der Waals surface area (Å²) in [6, 6.07) is 0. The summed E-state index contributed by atoms with van der Waals surface area (Å²) in [4.78, 5) is 0. The standard InChI is InChI=1S/C5H11Cl2N/c1-2-4-8(7)5-3-6/h2-5H2,1H3. The first-order valence-corrected chi connectivity index (χ1v) is 3.65. The number of halogens is 2. The minimum atomic E-state index is 0.615. The van der Waals surface area contributed by atoms with Gasteiger partial charge in [-0.2, -0.15) is 0 Å². The monoisotopic (exact) mass is 155 g/mol. The van der Waals surface area contributed by atoms with E-state index in [0.717, 1.165) is 19.5 Å². The summed E-state index contributed by atoms with van der Waals surface area (Å²) >= 11 is 11.0. The molecule has 0 radical (unpaired) electrons. The molecule has 0 aliphatic heterocycles. The molecule has 0 spiro atoms. The van der Waals surface area contributed by atoms with Crippen LogP contribution in [0.15, 0.2) is 0 Å². The van der Waals surface area contributed by atoms with Gasteiger partial charge in [-0.1, -0.05) is 6.92 Å². The van der Waals surface area contributed by atoms with Crippen LogP contribution in [0.1, 0.15) is 13.3 Å². The molecule has 0 atom stereocenters. The summed E-state index contributed by atoms with van der Waals surface area (Å²) in [7, 11) is 0. The lowest BCUT2D eigenvalue weighted by atomic mass is 10.5. The van der Waals surface area contributed by atoms with Crippen molar-refractivity contribution in [1.29, 1.82) is 0 Å². The summed E-state index contributed by atoms with van der Waals surface area (Å²) < 4.78 is 1.70. The van der Waals surface area contributed by atoms with Crippen LogP contribution in [0.5, 0.6) is 0 Å². The zero-order chi connectivity index (χ0) is 6.41. The molecule has 0 aromatic heterocycles. The second-order valence-corrected chi connectivity index (χ2v) is 2.45. The van der Waals surface area contributed by atoms with Crippen LogP contribution >= 0.6 is 23.4 Å². The van der Waals surface area contributed by atoms with Crippen molar-refractivity contribution in [3.63, 3.8) is 0 Å². The Morgan fingerprint density at radius 3 is 2.38 bits per heavy atom. The Morgan fingerprint density at radius 2 is 2.00 bits per heavy atom. The first-order valence-electron chi connectivity index (χ1n) is 2.78. The van der Waals surface area contributed by atoms with Crippen molar-refractivity contribution < 1.29 is 0 Å². The van der Waals surface area contributed by atoms with E-state index in [0.29, 0.717) is 5.88 Å². The van der Waals surface area contributed by atoms with Crippen molar-refractivity contribution >= 4 is 23.4 Å². The van der Waals surface area contributed by atoms with E-state index in [4.69, 9.17) is 23.4 Å². The molecule has 50 valence electrons. The predicted octanol–water partition coefficient (Wildman–Crippen LogP) is 2.09. The Morgan fingerprint density at radius 1 is 1.38 bits per heavy atom. The number of alkyl halides is 1. The normalized spacial score (nSPS) is 10.5. The van der Waals surface area contributed by atoms with Gasteiger partial charge in [-0.3, -0.25) is 0 Å². The quantitative estimate of drug-likeness (QED) is 0.445. The van der Waals surface area contributed by atoms with Crippen LogP contribution in [0.25, 0.3) is 0 Å². The highest BCUT2D eigenvalue weighted by atomic mass is 35.5. The van der Waals surface area contributed by atoms with E-state index in [1.165, 1.54) is 0 Å². The molecular formula is C5H11Cl2N. The fraction of sp³-hybridized carbons (Fsp3) is 1.00. The number of hydrogen-bond acceptors (Lipinski definition) is 1. The summed E-state index contributed by atoms with van der Waals surface area (Å²) in [6.07, 6.45) is 1.08. The van der Waals surface area contributed by atoms with Crippen molar-refractivity contribution in [3.8, 4) is 0 Å². The minimum Gasteiger partial charge on any atom is -0.219 e. The SMILES string of the molecule is CCCN(Cl)CCCl. The zero-order valence-corrected chi connectivity index (χ0v) is 6.54. The molecule has 0 fully saturated rings. The van der Waals surface area contributed by atoms with Gasteiger partial charge in [0.1, 0.15) is 0 Å². The third-order valence-electron chi connectivity index (χ3n) is 0.793. The Labute approximate surface area is 60.7 Å². The number of rotatable bonds is 4. The second-order valence-electron chi connectivity index (χ2n) is 1.60. The molecule has 3 heteroatoms. The summed E-state index contributed by atoms with van der Waals surface area (Å²) in [5.74, 6) is 0.615. The van der Waals surface area contributed by atoms with Crippen LogP contribution < -0.4 is 0 Å². The Kier molecular flexibility index (Phi) is 6.06. The van der Waals surface area contributed by atoms with Crippen LogP contribution in [0, 0.1) is 0 Å². The van der Waals surface area contributed by atoms with Gasteiger partial charge >= 0.3 is 0 Å². The summed E-state index contributed by atoms with van der Waals surface area (Å²) in [5, 5.41) is 0. The van der Waals surface area contributed by atoms with Crippen LogP contribution in [-0.2, 0) is 0 Å². The molecule has 1 nitrogen and oxygen atoms in total. The summed E-state index contributed by atoms with van der Waals surface area (Å²) in [5.41, 5.74) is 0. The number of nitrogens with zero attached hydrogens (tertiary/aromatic N) is 1. The van der Waals surface area contributed by atoms with Gasteiger partial charge in [-0.15, -0.1) is 11.6 Å². The Hall–Kier alpha value is 0.540. The fourth-order valence-electron chi connectivity index (χ4n) is 0.446. The molecule has 0 amide bonds. The van der Waals surface area contributed by atoms with Gasteiger partial charge in [0, 0.05) is 19.0 Å². The molecule has 8 heavy (non-hydrogen) atoms. The molecule has 0 aliphatic rings. The van der Waals surface area contributed by atoms with Crippen molar-refractivity contribution in [2.24, 2.45) is 0 Å². The van der Waals surface area contributed by atoms with E-state index in [2.05, 4.69) is 6.92 Å². The molecule has 0 saturated heterocycles. The highest BCUT2D eigenvalue weighted by molar-refractivity contribution is 6.19. The zero-order valence-electron chi connectivity index (χ0n) is 5.03. The molecule has 0 rings (SSSR count). The van der Waals surface area contributed by atoms with Gasteiger partial charge < -0.3 is 0 Å². The van der Waals surface area contributed by atoms with Crippen LogP contribution in [0.4, 0.5) is 0 Å². The van der Waals surface area contributed by atoms with E-state index in [1.807, 2.05) is 0 Å². The lowest BCUT2D eigenvalue weighted by molar-refractivity contribution is 0.480. The Balaban J connectivity index is 2.92. The average molecular weight is 156 g/mol. The topological polar surface area (TPSA) is 3.24 Å². The molecular weight excluding hydrogens is 145 g/mol. The van der Waals surface area contributed by atoms with Gasteiger partial charge in [-0.25, -0.2) is 4.42 Å². The van der Waals surface area contributed by atoms with Gasteiger partial charge in [0.05, 0.1) is 0 Å². The first-order chi connectivity index (χ1) is 3.81. The van der Waals surface area contributed by atoms with Crippen LogP contribution in [0.2, 0.25) is 0 Å². The predicted molar refractivity (Wildman–Crippen MR) is 38.4 cm³/mol. The van der Waals surface area contributed by atoms with Gasteiger partial charge in [-0.05, 0) is 18.2 Å². The van der Waals surface area contributed by atoms with Crippen molar-refractivity contribution in [2.75, 3.05) is 19.0 Å². The maximum absolute atomic E-state index is 5.63. The lowest BCUT2D eigenvalue weighted by Crippen LogP contribution is -2.14. The molecule has 0 aromatic carbocycles. The fourth-order valence-corrected chi connectivity index (χ4v) is 0.990. The van der Waals surface area contributed by atoms with Crippen LogP contribution in [-0.4, -0.2) is 23.4 Å². The van der Waals surface area contributed by atoms with E-state index in [9.17, 15) is 0 Å². The third kappa shape index (κ3) is 4.69. The van der Waals surface area contributed by atoms with Crippen molar-refractivity contribution in [2.45, 2.75) is 13.3 Å². The van der Waals surface area contributed by atoms with Gasteiger partial charge in [0.25, 0.3) is 0 Å². The lowest BCUT2D eigenvalue weighted by Gasteiger charge is -2.08. The van der Waals surface area contributed by atoms with Crippen molar-refractivity contribution in [1.82, 2.24) is 4.42 Å². The average Bonchev–Trinajstić information content (AvgIpc) is 1.68. The smallest absolute Gasteiger partial charge is 0.0364 e. The van der Waals surface area contributed by atoms with E-state index >= 15 is 0 Å². The third-order valence-corrected chi connectivity index (χ3v) is 1.30.